The van der Waals surface area contributed by atoms with Crippen molar-refractivity contribution in [3.8, 4) is 0 Å². The molecule has 2 rings (SSSR count). The van der Waals surface area contributed by atoms with Gasteiger partial charge in [-0.05, 0) is 37.7 Å². The molecule has 0 radical (unpaired) electrons. The SMILES string of the molecule is Cc1nc(NCC2CCCS2)ccc1C(=O)O. The van der Waals surface area contributed by atoms with Crippen molar-refractivity contribution in [3.63, 3.8) is 0 Å². The summed E-state index contributed by atoms with van der Waals surface area (Å²) in [5, 5.41) is 12.8. The third kappa shape index (κ3) is 3.12. The largest absolute Gasteiger partial charge is 0.478 e. The maximum Gasteiger partial charge on any atom is 0.337 e. The Labute approximate surface area is 105 Å². The van der Waals surface area contributed by atoms with Crippen LogP contribution >= 0.6 is 11.8 Å². The molecule has 0 bridgehead atoms. The van der Waals surface area contributed by atoms with Gasteiger partial charge < -0.3 is 10.4 Å². The molecule has 1 aliphatic rings. The van der Waals surface area contributed by atoms with Gasteiger partial charge in [-0.2, -0.15) is 11.8 Å². The molecular formula is C12H16N2O2S. The smallest absolute Gasteiger partial charge is 0.337 e. The topological polar surface area (TPSA) is 62.2 Å². The molecule has 1 saturated heterocycles. The van der Waals surface area contributed by atoms with Gasteiger partial charge in [-0.3, -0.25) is 0 Å². The van der Waals surface area contributed by atoms with Gasteiger partial charge >= 0.3 is 5.97 Å². The van der Waals surface area contributed by atoms with Crippen LogP contribution in [0.5, 0.6) is 0 Å². The number of nitrogens with zero attached hydrogens (tertiary/aromatic N) is 1. The first kappa shape index (κ1) is 12.2. The molecule has 0 aliphatic carbocycles. The number of carboxylic acid groups (broad SMARTS) is 1. The summed E-state index contributed by atoms with van der Waals surface area (Å²) in [6.07, 6.45) is 2.55. The molecular weight excluding hydrogens is 236 g/mol. The molecule has 4 nitrogen and oxygen atoms in total. The molecule has 0 amide bonds. The van der Waals surface area contributed by atoms with Crippen LogP contribution < -0.4 is 5.32 Å². The zero-order chi connectivity index (χ0) is 12.3. The molecule has 0 spiro atoms. The second-order valence-electron chi connectivity index (χ2n) is 4.15. The van der Waals surface area contributed by atoms with Gasteiger partial charge in [0, 0.05) is 11.8 Å². The highest BCUT2D eigenvalue weighted by Gasteiger charge is 2.15. The molecule has 5 heteroatoms. The predicted molar refractivity (Wildman–Crippen MR) is 69.9 cm³/mol. The first-order valence-electron chi connectivity index (χ1n) is 5.73. The van der Waals surface area contributed by atoms with Crippen molar-refractivity contribution in [2.24, 2.45) is 0 Å². The average molecular weight is 252 g/mol. The van der Waals surface area contributed by atoms with Gasteiger partial charge in [-0.25, -0.2) is 9.78 Å². The minimum atomic E-state index is -0.923. The summed E-state index contributed by atoms with van der Waals surface area (Å²) < 4.78 is 0. The summed E-state index contributed by atoms with van der Waals surface area (Å²) in [6.45, 7) is 2.63. The fraction of sp³-hybridized carbons (Fsp3) is 0.500. The van der Waals surface area contributed by atoms with E-state index in [-0.39, 0.29) is 5.56 Å². The summed E-state index contributed by atoms with van der Waals surface area (Å²) in [7, 11) is 0. The Hall–Kier alpha value is -1.23. The number of carboxylic acids is 1. The summed E-state index contributed by atoms with van der Waals surface area (Å²) in [6, 6.07) is 3.34. The molecule has 1 atom stereocenters. The number of carbonyl (C=O) groups is 1. The van der Waals surface area contributed by atoms with Crippen molar-refractivity contribution < 1.29 is 9.90 Å². The Kier molecular flexibility index (Phi) is 3.89. The van der Waals surface area contributed by atoms with Crippen molar-refractivity contribution in [1.29, 1.82) is 0 Å². The van der Waals surface area contributed by atoms with E-state index < -0.39 is 5.97 Å². The molecule has 92 valence electrons. The highest BCUT2D eigenvalue weighted by Crippen LogP contribution is 2.26. The van der Waals surface area contributed by atoms with Gasteiger partial charge in [0.25, 0.3) is 0 Å². The number of anilines is 1. The monoisotopic (exact) mass is 252 g/mol. The Morgan fingerprint density at radius 1 is 1.65 bits per heavy atom. The summed E-state index contributed by atoms with van der Waals surface area (Å²) in [5.41, 5.74) is 0.826. The number of aromatic carboxylic acids is 1. The lowest BCUT2D eigenvalue weighted by Crippen LogP contribution is -2.15. The normalized spacial score (nSPS) is 19.2. The number of thioether (sulfide) groups is 1. The van der Waals surface area contributed by atoms with Crippen molar-refractivity contribution >= 4 is 23.5 Å². The van der Waals surface area contributed by atoms with E-state index in [1.54, 1.807) is 19.1 Å². The molecule has 17 heavy (non-hydrogen) atoms. The second-order valence-corrected chi connectivity index (χ2v) is 5.56. The lowest BCUT2D eigenvalue weighted by molar-refractivity contribution is 0.0695. The van der Waals surface area contributed by atoms with Crippen molar-refractivity contribution in [1.82, 2.24) is 4.98 Å². The molecule has 1 aromatic rings. The predicted octanol–water partition coefficient (Wildman–Crippen LogP) is 2.40. The fourth-order valence-corrected chi connectivity index (χ4v) is 3.11. The zero-order valence-corrected chi connectivity index (χ0v) is 10.6. The summed E-state index contributed by atoms with van der Waals surface area (Å²) in [4.78, 5) is 15.1. The summed E-state index contributed by atoms with van der Waals surface area (Å²) >= 11 is 1.99. The van der Waals surface area contributed by atoms with Crippen molar-refractivity contribution in [2.45, 2.75) is 25.0 Å². The Morgan fingerprint density at radius 2 is 2.47 bits per heavy atom. The lowest BCUT2D eigenvalue weighted by Gasteiger charge is -2.11. The van der Waals surface area contributed by atoms with E-state index in [1.165, 1.54) is 18.6 Å². The lowest BCUT2D eigenvalue weighted by atomic mass is 10.2. The molecule has 1 unspecified atom stereocenters. The average Bonchev–Trinajstić information content (AvgIpc) is 2.78. The number of hydrogen-bond donors (Lipinski definition) is 2. The number of nitrogens with one attached hydrogen (secondary N) is 1. The van der Waals surface area contributed by atoms with Crippen LogP contribution in [0.4, 0.5) is 5.82 Å². The Bertz CT molecular complexity index is 417. The Morgan fingerprint density at radius 3 is 3.06 bits per heavy atom. The van der Waals surface area contributed by atoms with Gasteiger partial charge in [0.15, 0.2) is 0 Å². The maximum atomic E-state index is 10.8. The van der Waals surface area contributed by atoms with Gasteiger partial charge in [0.05, 0.1) is 11.3 Å². The zero-order valence-electron chi connectivity index (χ0n) is 9.77. The second kappa shape index (κ2) is 5.40. The molecule has 0 saturated carbocycles. The van der Waals surface area contributed by atoms with E-state index in [0.717, 1.165) is 12.4 Å². The highest BCUT2D eigenvalue weighted by atomic mass is 32.2. The highest BCUT2D eigenvalue weighted by molar-refractivity contribution is 8.00. The number of aromatic nitrogens is 1. The van der Waals surface area contributed by atoms with E-state index in [9.17, 15) is 4.79 Å². The molecule has 0 aromatic carbocycles. The summed E-state index contributed by atoms with van der Waals surface area (Å²) in [5.74, 6) is 1.09. The van der Waals surface area contributed by atoms with Crippen LogP contribution in [0.1, 0.15) is 28.9 Å². The molecule has 2 heterocycles. The first-order valence-corrected chi connectivity index (χ1v) is 6.78. The van der Waals surface area contributed by atoms with Gasteiger partial charge in [0.2, 0.25) is 0 Å². The molecule has 2 N–H and O–H groups in total. The van der Waals surface area contributed by atoms with E-state index in [4.69, 9.17) is 5.11 Å². The van der Waals surface area contributed by atoms with E-state index in [1.807, 2.05) is 11.8 Å². The van der Waals surface area contributed by atoms with Gasteiger partial charge in [0.1, 0.15) is 5.82 Å². The standard InChI is InChI=1S/C12H16N2O2S/c1-8-10(12(15)16)4-5-11(14-8)13-7-9-3-2-6-17-9/h4-5,9H,2-3,6-7H2,1H3,(H,13,14)(H,15,16). The van der Waals surface area contributed by atoms with Crippen LogP contribution in [0.3, 0.4) is 0 Å². The maximum absolute atomic E-state index is 10.8. The van der Waals surface area contributed by atoms with Gasteiger partial charge in [-0.15, -0.1) is 0 Å². The Balaban J connectivity index is 1.97. The third-order valence-corrected chi connectivity index (χ3v) is 4.25. The molecule has 1 aromatic heterocycles. The molecule has 1 fully saturated rings. The van der Waals surface area contributed by atoms with Crippen molar-refractivity contribution in [3.05, 3.63) is 23.4 Å². The number of aryl methyl sites for hydroxylation is 1. The minimum Gasteiger partial charge on any atom is -0.478 e. The molecule has 1 aliphatic heterocycles. The van der Waals surface area contributed by atoms with Gasteiger partial charge in [-0.1, -0.05) is 0 Å². The minimum absolute atomic E-state index is 0.269. The fourth-order valence-electron chi connectivity index (χ4n) is 1.91. The van der Waals surface area contributed by atoms with Crippen LogP contribution in [-0.2, 0) is 0 Å². The van der Waals surface area contributed by atoms with Crippen LogP contribution in [0.15, 0.2) is 12.1 Å². The van der Waals surface area contributed by atoms with E-state index in [0.29, 0.717) is 10.9 Å². The van der Waals surface area contributed by atoms with E-state index in [2.05, 4.69) is 10.3 Å². The van der Waals surface area contributed by atoms with E-state index >= 15 is 0 Å². The third-order valence-electron chi connectivity index (χ3n) is 2.85. The van der Waals surface area contributed by atoms with Crippen LogP contribution in [-0.4, -0.2) is 33.6 Å². The van der Waals surface area contributed by atoms with Crippen LogP contribution in [0.25, 0.3) is 0 Å². The quantitative estimate of drug-likeness (QED) is 0.861. The number of hydrogen-bond acceptors (Lipinski definition) is 4. The van der Waals surface area contributed by atoms with Crippen LogP contribution in [0.2, 0.25) is 0 Å². The number of rotatable bonds is 4. The number of pyridine rings is 1. The first-order chi connectivity index (χ1) is 8.16. The van der Waals surface area contributed by atoms with Crippen molar-refractivity contribution in [2.75, 3.05) is 17.6 Å². The van der Waals surface area contributed by atoms with Crippen LogP contribution in [0, 0.1) is 6.92 Å².